The topological polar surface area (TPSA) is 130 Å². The van der Waals surface area contributed by atoms with Gasteiger partial charge >= 0.3 is 6.18 Å². The Morgan fingerprint density at radius 3 is 2.49 bits per heavy atom. The van der Waals surface area contributed by atoms with Crippen molar-refractivity contribution in [3.05, 3.63) is 71.8 Å². The van der Waals surface area contributed by atoms with Crippen LogP contribution >= 0.6 is 0 Å². The molecule has 1 amide bonds. The number of rotatable bonds is 10. The number of pyridine rings is 1. The molecule has 4 rings (SSSR count). The maximum atomic E-state index is 13.8. The summed E-state index contributed by atoms with van der Waals surface area (Å²) in [7, 11) is 1.40. The first-order valence-electron chi connectivity index (χ1n) is 12.1. The molecule has 0 aliphatic rings. The standard InChI is InChI=1S/C26H27F3N8O2/c1-16-5-7-18(8-6-16)33-25-31-14-19(26(27,28)29)23(36-25)35-21-10-9-20(34-22(21)24(39)30-2)17-13-32-37(15-17)11-3-4-12-38/h5-10,13-15,38H,3-4,11-12H2,1-2H3,(H,30,39)(H2,31,33,35,36). The Hall–Kier alpha value is -4.52. The summed E-state index contributed by atoms with van der Waals surface area (Å²) in [6.45, 7) is 2.59. The Labute approximate surface area is 222 Å². The first-order valence-corrected chi connectivity index (χ1v) is 12.1. The van der Waals surface area contributed by atoms with Crippen molar-refractivity contribution in [1.29, 1.82) is 0 Å². The van der Waals surface area contributed by atoms with E-state index in [-0.39, 0.29) is 23.9 Å². The molecule has 0 fully saturated rings. The molecule has 0 aliphatic heterocycles. The number of aliphatic hydroxyl groups is 1. The lowest BCUT2D eigenvalue weighted by atomic mass is 10.1. The van der Waals surface area contributed by atoms with E-state index in [1.54, 1.807) is 35.3 Å². The van der Waals surface area contributed by atoms with Crippen molar-refractivity contribution in [3.63, 3.8) is 0 Å². The van der Waals surface area contributed by atoms with E-state index < -0.39 is 23.5 Å². The Morgan fingerprint density at radius 1 is 1.03 bits per heavy atom. The molecule has 0 unspecified atom stereocenters. The molecular weight excluding hydrogens is 513 g/mol. The number of alkyl halides is 3. The fraction of sp³-hybridized carbons (Fsp3) is 0.269. The van der Waals surface area contributed by atoms with Crippen LogP contribution < -0.4 is 16.0 Å². The average molecular weight is 541 g/mol. The Morgan fingerprint density at radius 2 is 1.79 bits per heavy atom. The largest absolute Gasteiger partial charge is 0.421 e. The molecule has 0 saturated heterocycles. The van der Waals surface area contributed by atoms with Crippen molar-refractivity contribution in [1.82, 2.24) is 30.0 Å². The molecule has 13 heteroatoms. The minimum Gasteiger partial charge on any atom is -0.396 e. The third-order valence-electron chi connectivity index (χ3n) is 5.72. The molecule has 0 bridgehead atoms. The van der Waals surface area contributed by atoms with Gasteiger partial charge in [-0.2, -0.15) is 23.3 Å². The summed E-state index contributed by atoms with van der Waals surface area (Å²) < 4.78 is 43.2. The molecule has 0 aliphatic carbocycles. The lowest BCUT2D eigenvalue weighted by Gasteiger charge is -2.16. The number of anilines is 4. The molecule has 0 atom stereocenters. The van der Waals surface area contributed by atoms with Gasteiger partial charge in [-0.05, 0) is 44.0 Å². The summed E-state index contributed by atoms with van der Waals surface area (Å²) >= 11 is 0. The summed E-state index contributed by atoms with van der Waals surface area (Å²) in [6, 6.07) is 10.2. The van der Waals surface area contributed by atoms with Crippen molar-refractivity contribution >= 4 is 29.0 Å². The monoisotopic (exact) mass is 540 g/mol. The van der Waals surface area contributed by atoms with E-state index in [2.05, 4.69) is 36.0 Å². The van der Waals surface area contributed by atoms with E-state index in [4.69, 9.17) is 5.11 Å². The van der Waals surface area contributed by atoms with Gasteiger partial charge in [-0.3, -0.25) is 9.48 Å². The summed E-state index contributed by atoms with van der Waals surface area (Å²) in [6.07, 6.45) is 0.625. The van der Waals surface area contributed by atoms with Crippen LogP contribution in [-0.2, 0) is 12.7 Å². The maximum absolute atomic E-state index is 13.8. The van der Waals surface area contributed by atoms with Crippen molar-refractivity contribution < 1.29 is 23.1 Å². The van der Waals surface area contributed by atoms with Crippen LogP contribution in [-0.4, -0.2) is 49.4 Å². The average Bonchev–Trinajstić information content (AvgIpc) is 3.38. The van der Waals surface area contributed by atoms with Gasteiger partial charge in [0.15, 0.2) is 5.69 Å². The van der Waals surface area contributed by atoms with Crippen LogP contribution in [0.25, 0.3) is 11.3 Å². The number of unbranched alkanes of at least 4 members (excludes halogenated alkanes) is 1. The summed E-state index contributed by atoms with van der Waals surface area (Å²) in [5, 5.41) is 21.2. The number of hydrogen-bond donors (Lipinski definition) is 4. The highest BCUT2D eigenvalue weighted by molar-refractivity contribution is 5.98. The normalized spacial score (nSPS) is 11.3. The molecule has 1 aromatic carbocycles. The Bertz CT molecular complexity index is 1440. The van der Waals surface area contributed by atoms with Gasteiger partial charge in [0.05, 0.1) is 17.6 Å². The molecule has 0 radical (unpaired) electrons. The number of nitrogens with one attached hydrogen (secondary N) is 3. The SMILES string of the molecule is CNC(=O)c1nc(-c2cnn(CCCCO)c2)ccc1Nc1nc(Nc2ccc(C)cc2)ncc1C(F)(F)F. The number of aromatic nitrogens is 5. The number of hydrogen-bond acceptors (Lipinski definition) is 8. The van der Waals surface area contributed by atoms with E-state index in [0.29, 0.717) is 36.1 Å². The van der Waals surface area contributed by atoms with E-state index >= 15 is 0 Å². The van der Waals surface area contributed by atoms with Crippen LogP contribution in [0.1, 0.15) is 34.5 Å². The zero-order valence-electron chi connectivity index (χ0n) is 21.3. The molecule has 39 heavy (non-hydrogen) atoms. The minimum absolute atomic E-state index is 0.0268. The predicted molar refractivity (Wildman–Crippen MR) is 140 cm³/mol. The van der Waals surface area contributed by atoms with Crippen molar-refractivity contribution in [2.75, 3.05) is 24.3 Å². The van der Waals surface area contributed by atoms with Gasteiger partial charge < -0.3 is 21.1 Å². The molecule has 4 aromatic rings. The fourth-order valence-corrected chi connectivity index (χ4v) is 3.65. The van der Waals surface area contributed by atoms with Gasteiger partial charge in [0.2, 0.25) is 5.95 Å². The second-order valence-corrected chi connectivity index (χ2v) is 8.66. The van der Waals surface area contributed by atoms with Crippen LogP contribution in [0.2, 0.25) is 0 Å². The van der Waals surface area contributed by atoms with Crippen molar-refractivity contribution in [2.24, 2.45) is 0 Å². The summed E-state index contributed by atoms with van der Waals surface area (Å²) in [4.78, 5) is 25.0. The molecule has 4 N–H and O–H groups in total. The Kier molecular flexibility index (Phi) is 8.39. The molecule has 0 spiro atoms. The highest BCUT2D eigenvalue weighted by atomic mass is 19.4. The molecule has 3 aromatic heterocycles. The van der Waals surface area contributed by atoms with Crippen LogP contribution in [0.4, 0.5) is 36.3 Å². The van der Waals surface area contributed by atoms with Gasteiger partial charge in [0, 0.05) is 43.8 Å². The van der Waals surface area contributed by atoms with Gasteiger partial charge in [-0.15, -0.1) is 0 Å². The quantitative estimate of drug-likeness (QED) is 0.213. The first-order chi connectivity index (χ1) is 18.7. The van der Waals surface area contributed by atoms with Crippen LogP contribution in [0.15, 0.2) is 55.0 Å². The number of nitrogens with zero attached hydrogens (tertiary/aromatic N) is 5. The molecule has 3 heterocycles. The van der Waals surface area contributed by atoms with Gasteiger partial charge in [-0.1, -0.05) is 17.7 Å². The molecule has 10 nitrogen and oxygen atoms in total. The van der Waals surface area contributed by atoms with Crippen molar-refractivity contribution in [2.45, 2.75) is 32.5 Å². The highest BCUT2D eigenvalue weighted by Gasteiger charge is 2.36. The molecule has 204 valence electrons. The lowest BCUT2D eigenvalue weighted by molar-refractivity contribution is -0.137. The second-order valence-electron chi connectivity index (χ2n) is 8.66. The highest BCUT2D eigenvalue weighted by Crippen LogP contribution is 2.36. The van der Waals surface area contributed by atoms with Crippen LogP contribution in [0.3, 0.4) is 0 Å². The minimum atomic E-state index is -4.75. The van der Waals surface area contributed by atoms with Crippen molar-refractivity contribution in [3.8, 4) is 11.3 Å². The maximum Gasteiger partial charge on any atom is 0.421 e. The second kappa shape index (κ2) is 11.9. The number of aryl methyl sites for hydroxylation is 2. The number of carbonyl (C=O) groups is 1. The van der Waals surface area contributed by atoms with E-state index in [1.165, 1.54) is 13.1 Å². The Balaban J connectivity index is 1.67. The number of carbonyl (C=O) groups excluding carboxylic acids is 1. The zero-order valence-corrected chi connectivity index (χ0v) is 21.3. The summed E-state index contributed by atoms with van der Waals surface area (Å²) in [5.74, 6) is -1.20. The number of aliphatic hydroxyl groups excluding tert-OH is 1. The summed E-state index contributed by atoms with van der Waals surface area (Å²) in [5.41, 5.74) is 1.45. The first kappa shape index (κ1) is 27.5. The van der Waals surface area contributed by atoms with E-state index in [0.717, 1.165) is 12.0 Å². The van der Waals surface area contributed by atoms with E-state index in [9.17, 15) is 18.0 Å². The number of amides is 1. The fourth-order valence-electron chi connectivity index (χ4n) is 3.65. The van der Waals surface area contributed by atoms with E-state index in [1.807, 2.05) is 19.1 Å². The van der Waals surface area contributed by atoms with Gasteiger partial charge in [-0.25, -0.2) is 9.97 Å². The van der Waals surface area contributed by atoms with Crippen LogP contribution in [0, 0.1) is 6.92 Å². The van der Waals surface area contributed by atoms with Gasteiger partial charge in [0.1, 0.15) is 11.4 Å². The third-order valence-corrected chi connectivity index (χ3v) is 5.72. The van der Waals surface area contributed by atoms with Gasteiger partial charge in [0.25, 0.3) is 5.91 Å². The number of halogens is 3. The number of benzene rings is 1. The third kappa shape index (κ3) is 6.87. The van der Waals surface area contributed by atoms with Crippen LogP contribution in [0.5, 0.6) is 0 Å². The molecule has 0 saturated carbocycles. The molecular formula is C26H27F3N8O2. The predicted octanol–water partition coefficient (Wildman–Crippen LogP) is 4.68. The zero-order chi connectivity index (χ0) is 28.0. The smallest absolute Gasteiger partial charge is 0.396 e. The lowest BCUT2D eigenvalue weighted by Crippen LogP contribution is -2.21.